The fourth-order valence-electron chi connectivity index (χ4n) is 4.80. The molecule has 224 valence electrons. The second-order valence-corrected chi connectivity index (χ2v) is 11.5. The molecule has 0 fully saturated rings. The Bertz CT molecular complexity index is 1100. The van der Waals surface area contributed by atoms with Gasteiger partial charge in [-0.1, -0.05) is 32.4 Å². The number of aliphatic hydroxyl groups excluding tert-OH is 3. The molecule has 6 atom stereocenters. The van der Waals surface area contributed by atoms with Crippen LogP contribution in [0.15, 0.2) is 30.5 Å². The Morgan fingerprint density at radius 1 is 1.27 bits per heavy atom. The van der Waals surface area contributed by atoms with Gasteiger partial charge >= 0.3 is 5.97 Å². The van der Waals surface area contributed by atoms with Crippen molar-refractivity contribution in [2.24, 2.45) is 11.3 Å². The van der Waals surface area contributed by atoms with E-state index in [4.69, 9.17) is 9.47 Å². The van der Waals surface area contributed by atoms with Gasteiger partial charge in [0.1, 0.15) is 23.2 Å². The molecule has 0 unspecified atom stereocenters. The minimum atomic E-state index is -1.34. The van der Waals surface area contributed by atoms with Gasteiger partial charge in [-0.2, -0.15) is 0 Å². The number of ether oxygens (including phenoxy) is 2. The first-order valence-electron chi connectivity index (χ1n) is 13.5. The quantitative estimate of drug-likeness (QED) is 0.147. The zero-order valence-electron chi connectivity index (χ0n) is 24.3. The Kier molecular flexibility index (Phi) is 11.7. The molecule has 1 aliphatic heterocycles. The minimum absolute atomic E-state index is 0.0264. The molecular weight excluding hydrogens is 518 g/mol. The first-order valence-corrected chi connectivity index (χ1v) is 13.5. The van der Waals surface area contributed by atoms with Crippen LogP contribution >= 0.6 is 0 Å². The van der Waals surface area contributed by atoms with Crippen LogP contribution in [0.1, 0.15) is 74.9 Å². The molecule has 0 saturated heterocycles. The maximum absolute atomic E-state index is 12.6. The van der Waals surface area contributed by atoms with E-state index in [0.29, 0.717) is 30.4 Å². The third kappa shape index (κ3) is 8.30. The van der Waals surface area contributed by atoms with Crippen molar-refractivity contribution in [3.8, 4) is 11.5 Å². The third-order valence-electron chi connectivity index (χ3n) is 7.87. The highest BCUT2D eigenvalue weighted by Gasteiger charge is 2.38. The van der Waals surface area contributed by atoms with Crippen LogP contribution in [0.3, 0.4) is 0 Å². The number of phenols is 2. The molecule has 6 N–H and O–H groups in total. The Morgan fingerprint density at radius 2 is 1.93 bits per heavy atom. The largest absolute Gasteiger partial charge is 0.508 e. The molecule has 1 aliphatic rings. The summed E-state index contributed by atoms with van der Waals surface area (Å²) in [6, 6.07) is 1.11. The Labute approximate surface area is 236 Å². The van der Waals surface area contributed by atoms with Crippen molar-refractivity contribution in [1.82, 2.24) is 5.32 Å². The van der Waals surface area contributed by atoms with E-state index in [1.807, 2.05) is 13.8 Å². The normalized spacial score (nSPS) is 19.3. The number of allylic oxidation sites excluding steroid dienone is 1. The molecule has 10 nitrogen and oxygen atoms in total. The van der Waals surface area contributed by atoms with Gasteiger partial charge in [-0.25, -0.2) is 4.79 Å². The number of phenolic OH excluding ortho intramolecular Hbond substituents is 2. The highest BCUT2D eigenvalue weighted by Crippen LogP contribution is 2.38. The van der Waals surface area contributed by atoms with Crippen molar-refractivity contribution in [1.29, 1.82) is 0 Å². The zero-order chi connectivity index (χ0) is 30.4. The summed E-state index contributed by atoms with van der Waals surface area (Å²) in [6.07, 6.45) is 0.284. The average molecular weight is 564 g/mol. The van der Waals surface area contributed by atoms with E-state index in [1.165, 1.54) is 13.3 Å². The number of esters is 1. The lowest BCUT2D eigenvalue weighted by atomic mass is 9.77. The number of amides is 1. The number of benzene rings is 1. The van der Waals surface area contributed by atoms with Gasteiger partial charge in [0.15, 0.2) is 6.10 Å². The molecular formula is C30H45NO9. The first-order chi connectivity index (χ1) is 18.6. The molecule has 10 heteroatoms. The summed E-state index contributed by atoms with van der Waals surface area (Å²) in [7, 11) is 1.42. The van der Waals surface area contributed by atoms with Crippen molar-refractivity contribution in [2.45, 2.75) is 97.2 Å². The van der Waals surface area contributed by atoms with Gasteiger partial charge < -0.3 is 40.3 Å². The van der Waals surface area contributed by atoms with Crippen LogP contribution in [-0.4, -0.2) is 75.0 Å². The number of aliphatic hydroxyl groups is 3. The van der Waals surface area contributed by atoms with Crippen LogP contribution in [-0.2, 0) is 20.7 Å². The maximum atomic E-state index is 12.6. The number of hydrogen-bond donors (Lipinski definition) is 6. The van der Waals surface area contributed by atoms with Gasteiger partial charge in [0.25, 0.3) is 5.91 Å². The third-order valence-corrected chi connectivity index (χ3v) is 7.87. The number of methoxy groups -OCH3 is 1. The molecule has 1 aromatic rings. The van der Waals surface area contributed by atoms with E-state index < -0.39 is 53.7 Å². The number of hydrogen-bond acceptors (Lipinski definition) is 9. The minimum Gasteiger partial charge on any atom is -0.508 e. The van der Waals surface area contributed by atoms with Crippen molar-refractivity contribution >= 4 is 11.9 Å². The van der Waals surface area contributed by atoms with Crippen LogP contribution in [0.5, 0.6) is 11.5 Å². The SMILES string of the molecule is C=C(C)C[C@H](OC)[C@H](O)C(=O)N/C=C/CCC(C)(C)[C@H](O)C[C@H](O)[C@@H](C)[C@H]1Cc2c(C)c(O)cc(O)c2C(=O)O1. The molecule has 0 bridgehead atoms. The average Bonchev–Trinajstić information content (AvgIpc) is 2.88. The molecule has 2 rings (SSSR count). The Balaban J connectivity index is 1.90. The number of rotatable bonds is 14. The fraction of sp³-hybridized carbons (Fsp3) is 0.600. The van der Waals surface area contributed by atoms with E-state index >= 15 is 0 Å². The lowest BCUT2D eigenvalue weighted by molar-refractivity contribution is -0.135. The smallest absolute Gasteiger partial charge is 0.342 e. The van der Waals surface area contributed by atoms with E-state index in [1.54, 1.807) is 26.8 Å². The molecule has 0 aromatic heterocycles. The van der Waals surface area contributed by atoms with Gasteiger partial charge in [0.2, 0.25) is 0 Å². The number of aromatic hydroxyl groups is 2. The summed E-state index contributed by atoms with van der Waals surface area (Å²) < 4.78 is 10.7. The molecule has 1 heterocycles. The number of carbonyl (C=O) groups excluding carboxylic acids is 2. The van der Waals surface area contributed by atoms with Crippen molar-refractivity contribution in [2.75, 3.05) is 7.11 Å². The molecule has 1 aromatic carbocycles. The molecule has 1 amide bonds. The second kappa shape index (κ2) is 14.1. The highest BCUT2D eigenvalue weighted by atomic mass is 16.5. The molecule has 0 saturated carbocycles. The van der Waals surface area contributed by atoms with Gasteiger partial charge in [-0.15, -0.1) is 6.58 Å². The van der Waals surface area contributed by atoms with E-state index in [-0.39, 0.29) is 29.9 Å². The van der Waals surface area contributed by atoms with E-state index in [0.717, 1.165) is 11.6 Å². The lowest BCUT2D eigenvalue weighted by Crippen LogP contribution is -2.41. The zero-order valence-corrected chi connectivity index (χ0v) is 24.3. The van der Waals surface area contributed by atoms with Crippen LogP contribution < -0.4 is 5.32 Å². The molecule has 0 spiro atoms. The monoisotopic (exact) mass is 563 g/mol. The second-order valence-electron chi connectivity index (χ2n) is 11.5. The van der Waals surface area contributed by atoms with Gasteiger partial charge in [0.05, 0.1) is 18.3 Å². The molecule has 40 heavy (non-hydrogen) atoms. The highest BCUT2D eigenvalue weighted by molar-refractivity contribution is 5.96. The summed E-state index contributed by atoms with van der Waals surface area (Å²) in [5.41, 5.74) is 1.19. The molecule has 0 radical (unpaired) electrons. The van der Waals surface area contributed by atoms with E-state index in [2.05, 4.69) is 11.9 Å². The molecule has 0 aliphatic carbocycles. The Morgan fingerprint density at radius 3 is 2.52 bits per heavy atom. The van der Waals surface area contributed by atoms with Crippen LogP contribution in [0, 0.1) is 18.3 Å². The fourth-order valence-corrected chi connectivity index (χ4v) is 4.80. The van der Waals surface area contributed by atoms with Gasteiger partial charge in [0, 0.05) is 31.9 Å². The topological polar surface area (TPSA) is 166 Å². The number of cyclic esters (lactones) is 1. The summed E-state index contributed by atoms with van der Waals surface area (Å²) in [4.78, 5) is 24.8. The van der Waals surface area contributed by atoms with Crippen LogP contribution in [0.4, 0.5) is 0 Å². The van der Waals surface area contributed by atoms with Crippen LogP contribution in [0.2, 0.25) is 0 Å². The summed E-state index contributed by atoms with van der Waals surface area (Å²) >= 11 is 0. The number of carbonyl (C=O) groups is 2. The van der Waals surface area contributed by atoms with Crippen molar-refractivity contribution < 1.29 is 44.6 Å². The van der Waals surface area contributed by atoms with Gasteiger partial charge in [-0.05, 0) is 55.9 Å². The summed E-state index contributed by atoms with van der Waals surface area (Å²) in [6.45, 7) is 12.7. The maximum Gasteiger partial charge on any atom is 0.342 e. The Hall–Kier alpha value is -2.92. The predicted molar refractivity (Wildman–Crippen MR) is 150 cm³/mol. The standard InChI is InChI=1S/C30H45NO9/c1-16(2)12-24(39-7)27(36)28(37)31-11-9-8-10-30(5,6)25(35)15-21(33)18(4)23-13-19-17(3)20(32)14-22(34)26(19)29(38)40-23/h9,11,14,18,21,23-25,27,32-36H,1,8,10,12-13,15H2,2-7H3,(H,31,37)/b11-9+/t18-,21+,23-,24+,25-,27+/m1/s1. The number of fused-ring (bicyclic) bond motifs is 1. The predicted octanol–water partition coefficient (Wildman–Crippen LogP) is 3.01. The lowest BCUT2D eigenvalue weighted by Gasteiger charge is -2.36. The van der Waals surface area contributed by atoms with Crippen molar-refractivity contribution in [3.63, 3.8) is 0 Å². The summed E-state index contributed by atoms with van der Waals surface area (Å²) in [5.74, 6) is -2.30. The van der Waals surface area contributed by atoms with E-state index in [9.17, 15) is 35.1 Å². The van der Waals surface area contributed by atoms with Crippen molar-refractivity contribution in [3.05, 3.63) is 47.2 Å². The van der Waals surface area contributed by atoms with Gasteiger partial charge in [-0.3, -0.25) is 4.79 Å². The number of nitrogens with one attached hydrogen (secondary N) is 1. The summed E-state index contributed by atoms with van der Waals surface area (Å²) in [5, 5.41) is 54.7. The first kappa shape index (κ1) is 33.3. The van der Waals surface area contributed by atoms with Crippen LogP contribution in [0.25, 0.3) is 0 Å².